The third kappa shape index (κ3) is 2.65. The Bertz CT molecular complexity index is 652. The van der Waals surface area contributed by atoms with Crippen molar-refractivity contribution in [2.45, 2.75) is 38.1 Å². The van der Waals surface area contributed by atoms with Gasteiger partial charge in [0.25, 0.3) is 0 Å². The van der Waals surface area contributed by atoms with Gasteiger partial charge >= 0.3 is 5.97 Å². The summed E-state index contributed by atoms with van der Waals surface area (Å²) in [4.78, 5) is 14.4. The van der Waals surface area contributed by atoms with Crippen molar-refractivity contribution in [3.8, 4) is 5.75 Å². The fourth-order valence-electron chi connectivity index (χ4n) is 4.01. The number of esters is 1. The van der Waals surface area contributed by atoms with Gasteiger partial charge < -0.3 is 9.47 Å². The molecule has 1 saturated heterocycles. The molecule has 0 radical (unpaired) electrons. The minimum Gasteiger partial charge on any atom is -0.497 e. The van der Waals surface area contributed by atoms with Crippen LogP contribution < -0.4 is 4.74 Å². The highest BCUT2D eigenvalue weighted by atomic mass is 16.5. The molecule has 4 nitrogen and oxygen atoms in total. The van der Waals surface area contributed by atoms with Gasteiger partial charge in [0.2, 0.25) is 0 Å². The molecule has 1 aromatic carbocycles. The average molecular weight is 315 g/mol. The lowest BCUT2D eigenvalue weighted by Crippen LogP contribution is -2.52. The molecule has 1 aromatic rings. The molecular formula is C19H25NO3. The van der Waals surface area contributed by atoms with Crippen molar-refractivity contribution in [1.82, 2.24) is 4.90 Å². The summed E-state index contributed by atoms with van der Waals surface area (Å²) in [5, 5.41) is 0. The number of benzene rings is 1. The molecule has 1 fully saturated rings. The van der Waals surface area contributed by atoms with E-state index in [0.717, 1.165) is 25.1 Å². The maximum atomic E-state index is 12.1. The van der Waals surface area contributed by atoms with Crippen molar-refractivity contribution in [2.75, 3.05) is 27.3 Å². The van der Waals surface area contributed by atoms with E-state index in [1.165, 1.54) is 16.7 Å². The van der Waals surface area contributed by atoms with Crippen LogP contribution in [0.5, 0.6) is 5.75 Å². The van der Waals surface area contributed by atoms with Gasteiger partial charge in [-0.05, 0) is 62.2 Å². The van der Waals surface area contributed by atoms with Crippen LogP contribution in [0.25, 0.3) is 0 Å². The summed E-state index contributed by atoms with van der Waals surface area (Å²) in [6, 6.07) is 6.59. The Morgan fingerprint density at radius 2 is 2.26 bits per heavy atom. The molecule has 2 bridgehead atoms. The van der Waals surface area contributed by atoms with Gasteiger partial charge in [-0.2, -0.15) is 0 Å². The second kappa shape index (κ2) is 6.00. The first-order valence-corrected chi connectivity index (χ1v) is 8.26. The maximum Gasteiger partial charge on any atom is 0.330 e. The number of rotatable bonds is 3. The van der Waals surface area contributed by atoms with E-state index in [1.54, 1.807) is 13.2 Å². The predicted molar refractivity (Wildman–Crippen MR) is 89.8 cm³/mol. The van der Waals surface area contributed by atoms with Crippen LogP contribution in [0.2, 0.25) is 0 Å². The summed E-state index contributed by atoms with van der Waals surface area (Å²) in [5.41, 5.74) is 3.68. The van der Waals surface area contributed by atoms with Crippen LogP contribution in [0.3, 0.4) is 0 Å². The summed E-state index contributed by atoms with van der Waals surface area (Å²) >= 11 is 0. The number of piperidine rings is 1. The fourth-order valence-corrected chi connectivity index (χ4v) is 4.01. The molecule has 2 aliphatic rings. The zero-order valence-corrected chi connectivity index (χ0v) is 14.4. The molecule has 3 rings (SSSR count). The molecule has 23 heavy (non-hydrogen) atoms. The van der Waals surface area contributed by atoms with E-state index >= 15 is 0 Å². The van der Waals surface area contributed by atoms with Gasteiger partial charge in [-0.25, -0.2) is 4.79 Å². The van der Waals surface area contributed by atoms with E-state index in [-0.39, 0.29) is 17.4 Å². The lowest BCUT2D eigenvalue weighted by Gasteiger charge is -2.51. The number of methoxy groups -OCH3 is 1. The Morgan fingerprint density at radius 3 is 2.96 bits per heavy atom. The Labute approximate surface area is 138 Å². The van der Waals surface area contributed by atoms with E-state index < -0.39 is 0 Å². The summed E-state index contributed by atoms with van der Waals surface area (Å²) in [6.45, 7) is 5.52. The van der Waals surface area contributed by atoms with Gasteiger partial charge in [-0.1, -0.05) is 13.0 Å². The van der Waals surface area contributed by atoms with Crippen LogP contribution in [0.4, 0.5) is 0 Å². The van der Waals surface area contributed by atoms with Gasteiger partial charge in [0.05, 0.1) is 13.7 Å². The largest absolute Gasteiger partial charge is 0.497 e. The normalized spacial score (nSPS) is 28.3. The quantitative estimate of drug-likeness (QED) is 0.635. The van der Waals surface area contributed by atoms with Crippen LogP contribution >= 0.6 is 0 Å². The van der Waals surface area contributed by atoms with Crippen LogP contribution in [-0.4, -0.2) is 44.2 Å². The SMILES string of the molecule is CCOC(=O)/C=C1\C2Cc3ccc(OC)cc3C1(C)CCN2C. The zero-order valence-electron chi connectivity index (χ0n) is 14.4. The van der Waals surface area contributed by atoms with E-state index in [9.17, 15) is 4.79 Å². The van der Waals surface area contributed by atoms with Crippen molar-refractivity contribution in [1.29, 1.82) is 0 Å². The summed E-state index contributed by atoms with van der Waals surface area (Å²) in [6.07, 6.45) is 3.65. The topological polar surface area (TPSA) is 38.8 Å². The summed E-state index contributed by atoms with van der Waals surface area (Å²) in [7, 11) is 3.83. The molecule has 2 unspecified atom stereocenters. The van der Waals surface area contributed by atoms with Crippen molar-refractivity contribution in [3.63, 3.8) is 0 Å². The number of likely N-dealkylation sites (N-methyl/N-ethyl adjacent to an activating group) is 1. The van der Waals surface area contributed by atoms with Gasteiger partial charge in [0.1, 0.15) is 5.75 Å². The molecule has 0 N–H and O–H groups in total. The molecule has 1 aliphatic carbocycles. The number of nitrogens with zero attached hydrogens (tertiary/aromatic N) is 1. The second-order valence-electron chi connectivity index (χ2n) is 6.66. The molecule has 0 aromatic heterocycles. The van der Waals surface area contributed by atoms with Crippen LogP contribution in [0, 0.1) is 0 Å². The summed E-state index contributed by atoms with van der Waals surface area (Å²) < 4.78 is 10.6. The number of hydrogen-bond donors (Lipinski definition) is 0. The number of ether oxygens (including phenoxy) is 2. The maximum absolute atomic E-state index is 12.1. The molecule has 0 saturated carbocycles. The van der Waals surface area contributed by atoms with Crippen LogP contribution in [-0.2, 0) is 21.4 Å². The minimum absolute atomic E-state index is 0.133. The number of carbonyl (C=O) groups excluding carboxylic acids is 1. The molecule has 0 spiro atoms. The van der Waals surface area contributed by atoms with Crippen molar-refractivity contribution < 1.29 is 14.3 Å². The van der Waals surface area contributed by atoms with Crippen molar-refractivity contribution in [3.05, 3.63) is 41.0 Å². The monoisotopic (exact) mass is 315 g/mol. The Morgan fingerprint density at radius 1 is 1.48 bits per heavy atom. The lowest BCUT2D eigenvalue weighted by atomic mass is 9.61. The summed E-state index contributed by atoms with van der Waals surface area (Å²) in [5.74, 6) is 0.637. The van der Waals surface area contributed by atoms with E-state index in [1.807, 2.05) is 13.0 Å². The first kappa shape index (κ1) is 16.1. The third-order valence-electron chi connectivity index (χ3n) is 5.38. The Balaban J connectivity index is 2.11. The standard InChI is InChI=1S/C19H25NO3/c1-5-23-18(21)12-16-17-10-13-6-7-14(22-4)11-15(13)19(16,2)8-9-20(17)3/h6-7,11-12,17H,5,8-10H2,1-4H3/b16-12+. The first-order chi connectivity index (χ1) is 11.0. The van der Waals surface area contributed by atoms with Crippen LogP contribution in [0.15, 0.2) is 29.8 Å². The van der Waals surface area contributed by atoms with Crippen LogP contribution in [0.1, 0.15) is 31.4 Å². The smallest absolute Gasteiger partial charge is 0.330 e. The first-order valence-electron chi connectivity index (χ1n) is 8.26. The van der Waals surface area contributed by atoms with Gasteiger partial charge in [-0.3, -0.25) is 4.90 Å². The highest BCUT2D eigenvalue weighted by molar-refractivity contribution is 5.84. The highest BCUT2D eigenvalue weighted by Gasteiger charge is 2.46. The van der Waals surface area contributed by atoms with E-state index in [0.29, 0.717) is 6.61 Å². The number of likely N-dealkylation sites (tertiary alicyclic amines) is 1. The lowest BCUT2D eigenvalue weighted by molar-refractivity contribution is -0.137. The highest BCUT2D eigenvalue weighted by Crippen LogP contribution is 2.48. The van der Waals surface area contributed by atoms with E-state index in [2.05, 4.69) is 31.0 Å². The minimum atomic E-state index is -0.236. The molecule has 1 heterocycles. The fraction of sp³-hybridized carbons (Fsp3) is 0.526. The number of fused-ring (bicyclic) bond motifs is 4. The molecule has 1 aliphatic heterocycles. The van der Waals surface area contributed by atoms with E-state index in [4.69, 9.17) is 9.47 Å². The predicted octanol–water partition coefficient (Wildman–Crippen LogP) is 2.70. The van der Waals surface area contributed by atoms with Gasteiger partial charge in [0, 0.05) is 17.5 Å². The second-order valence-corrected chi connectivity index (χ2v) is 6.66. The average Bonchev–Trinajstić information content (AvgIpc) is 2.54. The molecule has 4 heteroatoms. The Kier molecular flexibility index (Phi) is 4.19. The third-order valence-corrected chi connectivity index (χ3v) is 5.38. The van der Waals surface area contributed by atoms with Gasteiger partial charge in [0.15, 0.2) is 0 Å². The number of carbonyl (C=O) groups is 1. The molecule has 0 amide bonds. The van der Waals surface area contributed by atoms with Crippen molar-refractivity contribution in [2.24, 2.45) is 0 Å². The number of hydrogen-bond acceptors (Lipinski definition) is 4. The molecule has 124 valence electrons. The molecular weight excluding hydrogens is 290 g/mol. The zero-order chi connectivity index (χ0) is 16.6. The van der Waals surface area contributed by atoms with Gasteiger partial charge in [-0.15, -0.1) is 0 Å². The molecule has 2 atom stereocenters. The Hall–Kier alpha value is -1.81. The van der Waals surface area contributed by atoms with Crippen molar-refractivity contribution >= 4 is 5.97 Å².